The average molecular weight is 492 g/mol. The first-order valence-corrected chi connectivity index (χ1v) is 13.1. The predicted molar refractivity (Wildman–Crippen MR) is 145 cm³/mol. The summed E-state index contributed by atoms with van der Waals surface area (Å²) in [6.45, 7) is 11.8. The number of carbonyl (C=O) groups is 2. The molecule has 0 spiro atoms. The standard InChI is InChI=1S/C29H41BN2O4/c1-19-6-11-28(30(35)36-27-9-7-24(8-10-27)15-20(2)22(4)33)26(14-19)18-32-29(16-21(3)23(5)34)25-12-13-31-17-25/h6-11,14,20-21,25,29,31-32,35H,12-13,15-18H2,1-5H3/t20-,21-,25?,29?/m0/s1. The van der Waals surface area contributed by atoms with E-state index in [1.165, 1.54) is 0 Å². The fourth-order valence-electron chi connectivity index (χ4n) is 4.77. The number of aryl methyl sites for hydroxylation is 1. The van der Waals surface area contributed by atoms with Crippen LogP contribution in [0.2, 0.25) is 0 Å². The molecule has 0 bridgehead atoms. The van der Waals surface area contributed by atoms with Crippen molar-refractivity contribution in [2.45, 2.75) is 66.5 Å². The minimum absolute atomic E-state index is 0.00964. The zero-order valence-electron chi connectivity index (χ0n) is 22.3. The molecule has 1 aliphatic rings. The van der Waals surface area contributed by atoms with Gasteiger partial charge in [0, 0.05) is 29.9 Å². The van der Waals surface area contributed by atoms with Crippen LogP contribution in [0.1, 0.15) is 57.2 Å². The van der Waals surface area contributed by atoms with Crippen LogP contribution in [0.15, 0.2) is 42.5 Å². The normalized spacial score (nSPS) is 17.9. The van der Waals surface area contributed by atoms with Crippen LogP contribution in [0.4, 0.5) is 0 Å². The highest BCUT2D eigenvalue weighted by Crippen LogP contribution is 2.21. The molecular formula is C29H41BN2O4. The molecule has 0 radical (unpaired) electrons. The van der Waals surface area contributed by atoms with E-state index in [9.17, 15) is 14.6 Å². The quantitative estimate of drug-likeness (QED) is 0.373. The molecule has 0 amide bonds. The van der Waals surface area contributed by atoms with Gasteiger partial charge in [0.1, 0.15) is 17.3 Å². The van der Waals surface area contributed by atoms with Gasteiger partial charge in [0.2, 0.25) is 0 Å². The predicted octanol–water partition coefficient (Wildman–Crippen LogP) is 3.21. The Morgan fingerprint density at radius 1 is 1.11 bits per heavy atom. The summed E-state index contributed by atoms with van der Waals surface area (Å²) in [6.07, 6.45) is 2.58. The molecular weight excluding hydrogens is 451 g/mol. The first-order chi connectivity index (χ1) is 17.1. The number of carbonyl (C=O) groups excluding carboxylic acids is 2. The van der Waals surface area contributed by atoms with E-state index in [1.54, 1.807) is 13.8 Å². The fourth-order valence-corrected chi connectivity index (χ4v) is 4.77. The molecule has 0 aliphatic carbocycles. The summed E-state index contributed by atoms with van der Waals surface area (Å²) >= 11 is 0. The first-order valence-electron chi connectivity index (χ1n) is 13.1. The zero-order chi connectivity index (χ0) is 26.2. The molecule has 0 aromatic heterocycles. The van der Waals surface area contributed by atoms with E-state index in [4.69, 9.17) is 4.65 Å². The topological polar surface area (TPSA) is 87.7 Å². The van der Waals surface area contributed by atoms with Crippen LogP contribution in [-0.2, 0) is 22.6 Å². The van der Waals surface area contributed by atoms with Crippen molar-refractivity contribution in [1.29, 1.82) is 0 Å². The number of Topliss-reactive ketones (excluding diaryl/α,β-unsaturated/α-hetero) is 2. The van der Waals surface area contributed by atoms with Gasteiger partial charge in [-0.15, -0.1) is 0 Å². The van der Waals surface area contributed by atoms with Gasteiger partial charge in [-0.05, 0) is 82.3 Å². The van der Waals surface area contributed by atoms with Gasteiger partial charge >= 0.3 is 7.12 Å². The number of nitrogens with one attached hydrogen (secondary N) is 2. The lowest BCUT2D eigenvalue weighted by Gasteiger charge is -2.27. The van der Waals surface area contributed by atoms with Crippen molar-refractivity contribution in [3.05, 3.63) is 59.2 Å². The Hall–Kier alpha value is -2.48. The van der Waals surface area contributed by atoms with Gasteiger partial charge in [0.15, 0.2) is 0 Å². The van der Waals surface area contributed by atoms with Crippen LogP contribution >= 0.6 is 0 Å². The van der Waals surface area contributed by atoms with E-state index in [0.717, 1.165) is 48.1 Å². The number of benzene rings is 2. The van der Waals surface area contributed by atoms with Crippen LogP contribution in [0.5, 0.6) is 5.75 Å². The smallest absolute Gasteiger partial charge is 0.532 e. The molecule has 194 valence electrons. The lowest BCUT2D eigenvalue weighted by molar-refractivity contribution is -0.121. The van der Waals surface area contributed by atoms with Gasteiger partial charge in [0.25, 0.3) is 0 Å². The van der Waals surface area contributed by atoms with E-state index in [-0.39, 0.29) is 29.4 Å². The molecule has 1 heterocycles. The summed E-state index contributed by atoms with van der Waals surface area (Å²) in [5, 5.41) is 18.1. The second-order valence-corrected chi connectivity index (χ2v) is 10.5. The van der Waals surface area contributed by atoms with Crippen molar-refractivity contribution in [3.63, 3.8) is 0 Å². The average Bonchev–Trinajstić information content (AvgIpc) is 3.37. The van der Waals surface area contributed by atoms with Gasteiger partial charge < -0.3 is 20.3 Å². The maximum atomic E-state index is 11.9. The van der Waals surface area contributed by atoms with Crippen molar-refractivity contribution in [2.75, 3.05) is 13.1 Å². The van der Waals surface area contributed by atoms with Crippen LogP contribution in [0, 0.1) is 24.7 Å². The Labute approximate surface area is 216 Å². The molecule has 1 aliphatic heterocycles. The van der Waals surface area contributed by atoms with Gasteiger partial charge in [-0.25, -0.2) is 0 Å². The van der Waals surface area contributed by atoms with Crippen LogP contribution < -0.4 is 20.8 Å². The lowest BCUT2D eigenvalue weighted by Crippen LogP contribution is -2.43. The molecule has 3 rings (SSSR count). The van der Waals surface area contributed by atoms with E-state index >= 15 is 0 Å². The van der Waals surface area contributed by atoms with Crippen molar-refractivity contribution >= 4 is 24.1 Å². The molecule has 4 atom stereocenters. The Morgan fingerprint density at radius 3 is 2.42 bits per heavy atom. The monoisotopic (exact) mass is 492 g/mol. The third-order valence-electron chi connectivity index (χ3n) is 7.50. The summed E-state index contributed by atoms with van der Waals surface area (Å²) in [4.78, 5) is 23.5. The third-order valence-corrected chi connectivity index (χ3v) is 7.50. The summed E-state index contributed by atoms with van der Waals surface area (Å²) < 4.78 is 5.90. The third kappa shape index (κ3) is 8.02. The number of hydrogen-bond acceptors (Lipinski definition) is 6. The summed E-state index contributed by atoms with van der Waals surface area (Å²) in [7, 11) is -1.10. The molecule has 1 fully saturated rings. The largest absolute Gasteiger partial charge is 0.560 e. The fraction of sp³-hybridized carbons (Fsp3) is 0.517. The van der Waals surface area contributed by atoms with Crippen LogP contribution in [0.25, 0.3) is 0 Å². The maximum Gasteiger partial charge on any atom is 0.560 e. The van der Waals surface area contributed by atoms with Gasteiger partial charge in [-0.2, -0.15) is 0 Å². The highest BCUT2D eigenvalue weighted by atomic mass is 16.5. The number of rotatable bonds is 13. The van der Waals surface area contributed by atoms with Crippen LogP contribution in [0.3, 0.4) is 0 Å². The van der Waals surface area contributed by atoms with Gasteiger partial charge in [0.05, 0.1) is 0 Å². The molecule has 36 heavy (non-hydrogen) atoms. The Morgan fingerprint density at radius 2 is 1.81 bits per heavy atom. The first kappa shape index (κ1) is 28.1. The SMILES string of the molecule is CC(=O)[C@@H](C)Cc1ccc(OB(O)c2ccc(C)cc2CNC(C[C@H](C)C(C)=O)C2CCNC2)cc1. The van der Waals surface area contributed by atoms with Crippen molar-refractivity contribution in [1.82, 2.24) is 10.6 Å². The zero-order valence-corrected chi connectivity index (χ0v) is 22.3. The summed E-state index contributed by atoms with van der Waals surface area (Å²) in [6, 6.07) is 13.8. The molecule has 1 saturated heterocycles. The molecule has 2 unspecified atom stereocenters. The highest BCUT2D eigenvalue weighted by molar-refractivity contribution is 6.61. The molecule has 2 aromatic rings. The Kier molecular flexibility index (Phi) is 10.3. The minimum Gasteiger partial charge on any atom is -0.532 e. The van der Waals surface area contributed by atoms with Gasteiger partial charge in [-0.1, -0.05) is 49.7 Å². The molecule has 7 heteroatoms. The Balaban J connectivity index is 1.69. The summed E-state index contributed by atoms with van der Waals surface area (Å²) in [5.41, 5.74) is 3.89. The maximum absolute atomic E-state index is 11.9. The second-order valence-electron chi connectivity index (χ2n) is 10.5. The molecule has 6 nitrogen and oxygen atoms in total. The lowest BCUT2D eigenvalue weighted by atomic mass is 9.75. The van der Waals surface area contributed by atoms with Crippen molar-refractivity contribution < 1.29 is 19.3 Å². The van der Waals surface area contributed by atoms with Gasteiger partial charge in [-0.3, -0.25) is 9.59 Å². The Bertz CT molecular complexity index is 1020. The summed E-state index contributed by atoms with van der Waals surface area (Å²) in [5.74, 6) is 1.43. The number of hydrogen-bond donors (Lipinski definition) is 3. The molecule has 0 saturated carbocycles. The van der Waals surface area contributed by atoms with E-state index < -0.39 is 7.12 Å². The molecule has 2 aromatic carbocycles. The second kappa shape index (κ2) is 13.2. The minimum atomic E-state index is -1.10. The molecule has 3 N–H and O–H groups in total. The highest BCUT2D eigenvalue weighted by Gasteiger charge is 2.28. The van der Waals surface area contributed by atoms with Crippen LogP contribution in [-0.4, -0.2) is 42.8 Å². The van der Waals surface area contributed by atoms with Crippen molar-refractivity contribution in [3.8, 4) is 5.75 Å². The van der Waals surface area contributed by atoms with E-state index in [0.29, 0.717) is 24.6 Å². The number of ketones is 2. The van der Waals surface area contributed by atoms with E-state index in [2.05, 4.69) is 16.7 Å². The van der Waals surface area contributed by atoms with E-state index in [1.807, 2.05) is 57.2 Å². The van der Waals surface area contributed by atoms with Crippen molar-refractivity contribution in [2.24, 2.45) is 17.8 Å².